The van der Waals surface area contributed by atoms with Crippen LogP contribution in [0.25, 0.3) is 0 Å². The van der Waals surface area contributed by atoms with E-state index in [-0.39, 0.29) is 63.1 Å². The summed E-state index contributed by atoms with van der Waals surface area (Å²) in [5, 5.41) is 0. The van der Waals surface area contributed by atoms with Gasteiger partial charge in [0.2, 0.25) is 0 Å². The molecule has 0 saturated heterocycles. The molecular weight excluding hydrogens is 307 g/mol. The average molecular weight is 330 g/mol. The first-order chi connectivity index (χ1) is 8.95. The molecule has 5 nitrogen and oxygen atoms in total. The van der Waals surface area contributed by atoms with Gasteiger partial charge in [-0.3, -0.25) is 0 Å². The van der Waals surface area contributed by atoms with Crippen LogP contribution < -0.4 is 51.4 Å². The van der Waals surface area contributed by atoms with Crippen molar-refractivity contribution in [1.82, 2.24) is 0 Å². The number of rotatable bonds is 12. The van der Waals surface area contributed by atoms with Crippen molar-refractivity contribution < 1.29 is 73.9 Å². The number of hydrogen-bond acceptors (Lipinski definition) is 5. The molecule has 0 rings (SSSR count). The maximum Gasteiger partial charge on any atom is 1.00 e. The van der Waals surface area contributed by atoms with Gasteiger partial charge in [0.15, 0.2) is 0 Å². The molecule has 0 atom stereocenters. The van der Waals surface area contributed by atoms with Crippen molar-refractivity contribution in [2.24, 2.45) is 0 Å². The van der Waals surface area contributed by atoms with Gasteiger partial charge in [0.05, 0.1) is 16.7 Å². The summed E-state index contributed by atoms with van der Waals surface area (Å²) in [5.41, 5.74) is 0. The van der Waals surface area contributed by atoms with Gasteiger partial charge in [0.25, 0.3) is 0 Å². The van der Waals surface area contributed by atoms with Crippen LogP contribution in [0.4, 0.5) is 0 Å². The molecular formula is C13H23KO5S. The number of carbonyl (C=O) groups is 1. The van der Waals surface area contributed by atoms with Gasteiger partial charge < -0.3 is 9.29 Å². The van der Waals surface area contributed by atoms with E-state index < -0.39 is 10.1 Å². The first-order valence-corrected chi connectivity index (χ1v) is 8.26. The third-order valence-corrected chi connectivity index (χ3v) is 3.49. The average Bonchev–Trinajstić information content (AvgIpc) is 2.34. The maximum absolute atomic E-state index is 10.7. The number of ether oxygens (including phenoxy) is 1. The molecule has 0 aliphatic rings. The summed E-state index contributed by atoms with van der Waals surface area (Å²) in [5.74, 6) is -0.630. The fourth-order valence-corrected chi connectivity index (χ4v) is 2.23. The van der Waals surface area contributed by atoms with Crippen molar-refractivity contribution in [3.63, 3.8) is 0 Å². The van der Waals surface area contributed by atoms with Crippen LogP contribution in [0.1, 0.15) is 51.4 Å². The molecule has 0 N–H and O–H groups in total. The van der Waals surface area contributed by atoms with Crippen molar-refractivity contribution in [1.29, 1.82) is 0 Å². The molecule has 0 spiro atoms. The Labute approximate surface area is 164 Å². The van der Waals surface area contributed by atoms with Crippen LogP contribution in [0.15, 0.2) is 12.7 Å². The molecule has 112 valence electrons. The zero-order valence-electron chi connectivity index (χ0n) is 12.3. The second kappa shape index (κ2) is 14.7. The molecule has 0 aliphatic heterocycles. The second-order valence-electron chi connectivity index (χ2n) is 4.46. The molecule has 0 bridgehead atoms. The Balaban J connectivity index is 0. The smallest absolute Gasteiger partial charge is 0.748 e. The van der Waals surface area contributed by atoms with E-state index in [0.29, 0.717) is 13.0 Å². The summed E-state index contributed by atoms with van der Waals surface area (Å²) < 4.78 is 35.9. The molecule has 0 aromatic heterocycles. The van der Waals surface area contributed by atoms with Gasteiger partial charge in [-0.1, -0.05) is 45.1 Å². The zero-order valence-corrected chi connectivity index (χ0v) is 16.2. The molecule has 0 radical (unpaired) electrons. The van der Waals surface area contributed by atoms with Gasteiger partial charge >= 0.3 is 57.4 Å². The minimum atomic E-state index is -4.04. The van der Waals surface area contributed by atoms with Crippen molar-refractivity contribution >= 4 is 16.1 Å². The molecule has 0 aliphatic carbocycles. The predicted octanol–water partition coefficient (Wildman–Crippen LogP) is -0.614. The Morgan fingerprint density at radius 1 is 1.00 bits per heavy atom. The van der Waals surface area contributed by atoms with E-state index in [2.05, 4.69) is 6.58 Å². The van der Waals surface area contributed by atoms with Crippen LogP contribution in [0.2, 0.25) is 0 Å². The van der Waals surface area contributed by atoms with E-state index >= 15 is 0 Å². The molecule has 0 unspecified atom stereocenters. The van der Waals surface area contributed by atoms with Crippen LogP contribution in [-0.4, -0.2) is 31.3 Å². The van der Waals surface area contributed by atoms with Crippen LogP contribution in [0, 0.1) is 0 Å². The normalized spacial score (nSPS) is 10.7. The number of carbonyl (C=O) groups excluding carboxylic acids is 1. The Kier molecular flexibility index (Phi) is 16.9. The first kappa shape index (κ1) is 23.0. The van der Waals surface area contributed by atoms with E-state index in [1.54, 1.807) is 0 Å². The van der Waals surface area contributed by atoms with Gasteiger partial charge in [-0.2, -0.15) is 0 Å². The number of esters is 1. The molecule has 0 heterocycles. The fourth-order valence-electron chi connectivity index (χ4n) is 1.67. The van der Waals surface area contributed by atoms with E-state index in [0.717, 1.165) is 51.0 Å². The van der Waals surface area contributed by atoms with E-state index in [9.17, 15) is 17.8 Å². The maximum atomic E-state index is 10.7. The number of unbranched alkanes of at least 4 members (excludes halogenated alkanes) is 7. The Morgan fingerprint density at radius 2 is 1.45 bits per heavy atom. The molecule has 0 aromatic carbocycles. The van der Waals surface area contributed by atoms with Crippen molar-refractivity contribution in [2.75, 3.05) is 12.4 Å². The van der Waals surface area contributed by atoms with Crippen LogP contribution >= 0.6 is 0 Å². The van der Waals surface area contributed by atoms with E-state index in [1.165, 1.54) is 0 Å². The van der Waals surface area contributed by atoms with Gasteiger partial charge in [-0.15, -0.1) is 0 Å². The quantitative estimate of drug-likeness (QED) is 0.157. The van der Waals surface area contributed by atoms with E-state index in [4.69, 9.17) is 4.74 Å². The standard InChI is InChI=1S/C13H24O5S.K/c1-2-13(14)18-11-9-7-5-3-4-6-8-10-12-19(15,16)17;/h2H,1,3-12H2,(H,15,16,17);/q;+1/p-1. The van der Waals surface area contributed by atoms with Crippen LogP contribution in [0.3, 0.4) is 0 Å². The van der Waals surface area contributed by atoms with Crippen LogP contribution in [-0.2, 0) is 19.6 Å². The van der Waals surface area contributed by atoms with Gasteiger partial charge in [0.1, 0.15) is 0 Å². The monoisotopic (exact) mass is 330 g/mol. The SMILES string of the molecule is C=CC(=O)OCCCCCCCCCCS(=O)(=O)[O-].[K+]. The van der Waals surface area contributed by atoms with Crippen LogP contribution in [0.5, 0.6) is 0 Å². The molecule has 0 amide bonds. The van der Waals surface area contributed by atoms with Gasteiger partial charge in [-0.25, -0.2) is 13.2 Å². The summed E-state index contributed by atoms with van der Waals surface area (Å²) in [6.45, 7) is 3.74. The molecule has 7 heteroatoms. The third-order valence-electron chi connectivity index (χ3n) is 2.70. The third kappa shape index (κ3) is 18.8. The molecule has 20 heavy (non-hydrogen) atoms. The topological polar surface area (TPSA) is 83.5 Å². The molecule has 0 fully saturated rings. The van der Waals surface area contributed by atoms with Crippen molar-refractivity contribution in [2.45, 2.75) is 51.4 Å². The van der Waals surface area contributed by atoms with Crippen molar-refractivity contribution in [3.05, 3.63) is 12.7 Å². The predicted molar refractivity (Wildman–Crippen MR) is 72.7 cm³/mol. The largest absolute Gasteiger partial charge is 1.00 e. The van der Waals surface area contributed by atoms with Crippen molar-refractivity contribution in [3.8, 4) is 0 Å². The summed E-state index contributed by atoms with van der Waals surface area (Å²) >= 11 is 0. The fraction of sp³-hybridized carbons (Fsp3) is 0.769. The summed E-state index contributed by atoms with van der Waals surface area (Å²) in [4.78, 5) is 10.7. The van der Waals surface area contributed by atoms with Gasteiger partial charge in [0, 0.05) is 11.8 Å². The van der Waals surface area contributed by atoms with Gasteiger partial charge in [-0.05, 0) is 12.8 Å². The molecule has 0 saturated carbocycles. The molecule has 0 aromatic rings. The summed E-state index contributed by atoms with van der Waals surface area (Å²) in [6, 6.07) is 0. The minimum absolute atomic E-state index is 0. The second-order valence-corrected chi connectivity index (χ2v) is 5.99. The number of hydrogen-bond donors (Lipinski definition) is 0. The first-order valence-electron chi connectivity index (χ1n) is 6.68. The van der Waals surface area contributed by atoms with E-state index in [1.807, 2.05) is 0 Å². The minimum Gasteiger partial charge on any atom is -0.748 e. The zero-order chi connectivity index (χ0) is 14.6. The summed E-state index contributed by atoms with van der Waals surface area (Å²) in [7, 11) is -4.04. The Morgan fingerprint density at radius 3 is 1.90 bits per heavy atom. The summed E-state index contributed by atoms with van der Waals surface area (Å²) in [6.07, 6.45) is 8.44. The Bertz CT molecular complexity index is 354. The Hall–Kier alpha value is 0.756.